The van der Waals surface area contributed by atoms with Crippen LogP contribution >= 0.6 is 11.6 Å². The minimum atomic E-state index is -4.45. The summed E-state index contributed by atoms with van der Waals surface area (Å²) in [6, 6.07) is 3.28. The van der Waals surface area contributed by atoms with E-state index in [0.717, 1.165) is 25.0 Å². The fraction of sp³-hybridized carbons (Fsp3) is 0.467. The summed E-state index contributed by atoms with van der Waals surface area (Å²) in [6.45, 7) is 1.46. The second-order valence-electron chi connectivity index (χ2n) is 5.52. The van der Waals surface area contributed by atoms with E-state index in [1.54, 1.807) is 0 Å². The quantitative estimate of drug-likeness (QED) is 0.882. The summed E-state index contributed by atoms with van der Waals surface area (Å²) in [5, 5.41) is 6.69. The normalized spacial score (nSPS) is 16.3. The molecule has 24 heavy (non-hydrogen) atoms. The molecule has 0 atom stereocenters. The molecule has 1 N–H and O–H groups in total. The van der Waals surface area contributed by atoms with Crippen LogP contribution in [0.4, 0.5) is 18.9 Å². The van der Waals surface area contributed by atoms with Crippen molar-refractivity contribution in [2.24, 2.45) is 0 Å². The lowest BCUT2D eigenvalue weighted by molar-refractivity contribution is -0.137. The topological polar surface area (TPSA) is 60.2 Å². The van der Waals surface area contributed by atoms with Crippen molar-refractivity contribution in [3.63, 3.8) is 0 Å². The smallest absolute Gasteiger partial charge is 0.381 e. The van der Waals surface area contributed by atoms with Gasteiger partial charge >= 0.3 is 6.18 Å². The molecule has 0 amide bonds. The van der Waals surface area contributed by atoms with Crippen LogP contribution < -0.4 is 5.32 Å². The van der Waals surface area contributed by atoms with Gasteiger partial charge in [0.15, 0.2) is 5.82 Å². The van der Waals surface area contributed by atoms with Crippen LogP contribution in [0.1, 0.15) is 36.0 Å². The van der Waals surface area contributed by atoms with Gasteiger partial charge < -0.3 is 14.6 Å². The Morgan fingerprint density at radius 1 is 1.21 bits per heavy atom. The molecule has 130 valence electrons. The SMILES string of the molecule is FC(F)(F)c1cc(Cl)cc(NCc2noc(C3CCOCC3)n2)c1. The summed E-state index contributed by atoms with van der Waals surface area (Å²) < 4.78 is 48.9. The first-order chi connectivity index (χ1) is 11.4. The third-order valence-corrected chi connectivity index (χ3v) is 3.95. The fourth-order valence-electron chi connectivity index (χ4n) is 2.49. The average molecular weight is 362 g/mol. The number of aromatic nitrogens is 2. The van der Waals surface area contributed by atoms with Gasteiger partial charge in [0.25, 0.3) is 0 Å². The number of nitrogens with one attached hydrogen (secondary N) is 1. The zero-order valence-electron chi connectivity index (χ0n) is 12.6. The zero-order chi connectivity index (χ0) is 17.2. The van der Waals surface area contributed by atoms with Crippen LogP contribution in [0.25, 0.3) is 0 Å². The Bertz CT molecular complexity index is 700. The molecule has 5 nitrogen and oxygen atoms in total. The molecule has 1 aromatic carbocycles. The molecule has 0 bridgehead atoms. The number of anilines is 1. The molecule has 0 saturated carbocycles. The number of alkyl halides is 3. The van der Waals surface area contributed by atoms with Gasteiger partial charge in [-0.1, -0.05) is 16.8 Å². The van der Waals surface area contributed by atoms with E-state index in [2.05, 4.69) is 15.5 Å². The predicted molar refractivity (Wildman–Crippen MR) is 80.9 cm³/mol. The van der Waals surface area contributed by atoms with Gasteiger partial charge in [0.05, 0.1) is 12.1 Å². The first-order valence-electron chi connectivity index (χ1n) is 7.44. The zero-order valence-corrected chi connectivity index (χ0v) is 13.3. The van der Waals surface area contributed by atoms with E-state index in [1.807, 2.05) is 0 Å². The molecule has 1 fully saturated rings. The van der Waals surface area contributed by atoms with Gasteiger partial charge in [-0.15, -0.1) is 0 Å². The van der Waals surface area contributed by atoms with Crippen molar-refractivity contribution in [3.05, 3.63) is 40.5 Å². The summed E-state index contributed by atoms with van der Waals surface area (Å²) in [5.41, 5.74) is -0.569. The summed E-state index contributed by atoms with van der Waals surface area (Å²) in [7, 11) is 0. The number of hydrogen-bond acceptors (Lipinski definition) is 5. The number of rotatable bonds is 4. The molecule has 0 radical (unpaired) electrons. The van der Waals surface area contributed by atoms with Crippen molar-refractivity contribution in [3.8, 4) is 0 Å². The number of hydrogen-bond donors (Lipinski definition) is 1. The Morgan fingerprint density at radius 2 is 1.96 bits per heavy atom. The molecule has 1 saturated heterocycles. The summed E-state index contributed by atoms with van der Waals surface area (Å²) in [6.07, 6.45) is -2.82. The summed E-state index contributed by atoms with van der Waals surface area (Å²) in [4.78, 5) is 4.29. The molecular formula is C15H15ClF3N3O2. The number of ether oxygens (including phenoxy) is 1. The Hall–Kier alpha value is -1.80. The van der Waals surface area contributed by atoms with E-state index in [9.17, 15) is 13.2 Å². The molecule has 9 heteroatoms. The fourth-order valence-corrected chi connectivity index (χ4v) is 2.72. The Morgan fingerprint density at radius 3 is 2.67 bits per heavy atom. The van der Waals surface area contributed by atoms with E-state index in [4.69, 9.17) is 20.9 Å². The highest BCUT2D eigenvalue weighted by molar-refractivity contribution is 6.30. The van der Waals surface area contributed by atoms with Crippen LogP contribution in [-0.4, -0.2) is 23.4 Å². The summed E-state index contributed by atoms with van der Waals surface area (Å²) >= 11 is 5.74. The molecule has 2 aromatic rings. The molecule has 2 heterocycles. The largest absolute Gasteiger partial charge is 0.416 e. The number of halogens is 4. The van der Waals surface area contributed by atoms with Gasteiger partial charge in [0.2, 0.25) is 5.89 Å². The standard InChI is InChI=1S/C15H15ClF3N3O2/c16-11-5-10(15(17,18)19)6-12(7-11)20-8-13-21-14(24-22-13)9-1-3-23-4-2-9/h5-7,9,20H,1-4,8H2. The lowest BCUT2D eigenvalue weighted by Crippen LogP contribution is -2.14. The van der Waals surface area contributed by atoms with Crippen LogP contribution in [-0.2, 0) is 17.5 Å². The highest BCUT2D eigenvalue weighted by Gasteiger charge is 2.31. The second kappa shape index (κ2) is 6.98. The van der Waals surface area contributed by atoms with Crippen molar-refractivity contribution < 1.29 is 22.4 Å². The monoisotopic (exact) mass is 361 g/mol. The molecule has 0 unspecified atom stereocenters. The highest BCUT2D eigenvalue weighted by atomic mass is 35.5. The van der Waals surface area contributed by atoms with Crippen molar-refractivity contribution in [1.29, 1.82) is 0 Å². The van der Waals surface area contributed by atoms with Crippen LogP contribution in [0.3, 0.4) is 0 Å². The van der Waals surface area contributed by atoms with Crippen LogP contribution in [0.2, 0.25) is 5.02 Å². The maximum Gasteiger partial charge on any atom is 0.416 e. The van der Waals surface area contributed by atoms with E-state index < -0.39 is 11.7 Å². The first-order valence-corrected chi connectivity index (χ1v) is 7.81. The Labute approximate surface area is 141 Å². The Kier molecular flexibility index (Phi) is 4.96. The van der Waals surface area contributed by atoms with Gasteiger partial charge in [-0.2, -0.15) is 18.2 Å². The van der Waals surface area contributed by atoms with Gasteiger partial charge in [0.1, 0.15) is 0 Å². The van der Waals surface area contributed by atoms with Crippen molar-refractivity contribution >= 4 is 17.3 Å². The lowest BCUT2D eigenvalue weighted by atomic mass is 10.0. The average Bonchev–Trinajstić information content (AvgIpc) is 3.01. The van der Waals surface area contributed by atoms with Gasteiger partial charge in [0, 0.05) is 29.8 Å². The van der Waals surface area contributed by atoms with Gasteiger partial charge in [-0.05, 0) is 31.0 Å². The molecular weight excluding hydrogens is 347 g/mol. The third-order valence-electron chi connectivity index (χ3n) is 3.73. The molecule has 1 aromatic heterocycles. The summed E-state index contributed by atoms with van der Waals surface area (Å²) in [5.74, 6) is 1.09. The molecule has 1 aliphatic heterocycles. The van der Waals surface area contributed by atoms with E-state index >= 15 is 0 Å². The second-order valence-corrected chi connectivity index (χ2v) is 5.95. The maximum absolute atomic E-state index is 12.8. The van der Waals surface area contributed by atoms with E-state index in [0.29, 0.717) is 24.9 Å². The predicted octanol–water partition coefficient (Wildman–Crippen LogP) is 4.25. The van der Waals surface area contributed by atoms with Crippen molar-refractivity contribution in [2.45, 2.75) is 31.5 Å². The first kappa shape index (κ1) is 17.0. The molecule has 3 rings (SSSR count). The molecule has 1 aliphatic rings. The lowest BCUT2D eigenvalue weighted by Gasteiger charge is -2.17. The van der Waals surface area contributed by atoms with Crippen molar-refractivity contribution in [1.82, 2.24) is 10.1 Å². The highest BCUT2D eigenvalue weighted by Crippen LogP contribution is 2.33. The van der Waals surface area contributed by atoms with Gasteiger partial charge in [-0.3, -0.25) is 0 Å². The van der Waals surface area contributed by atoms with E-state index in [-0.39, 0.29) is 23.2 Å². The third kappa shape index (κ3) is 4.18. The molecule has 0 aliphatic carbocycles. The molecule has 0 spiro atoms. The van der Waals surface area contributed by atoms with Crippen molar-refractivity contribution in [2.75, 3.05) is 18.5 Å². The number of benzene rings is 1. The minimum absolute atomic E-state index is 0.00308. The van der Waals surface area contributed by atoms with Gasteiger partial charge in [-0.25, -0.2) is 0 Å². The van der Waals surface area contributed by atoms with Crippen LogP contribution in [0, 0.1) is 0 Å². The van der Waals surface area contributed by atoms with Crippen LogP contribution in [0.15, 0.2) is 22.7 Å². The van der Waals surface area contributed by atoms with Crippen LogP contribution in [0.5, 0.6) is 0 Å². The van der Waals surface area contributed by atoms with E-state index in [1.165, 1.54) is 6.07 Å². The number of nitrogens with zero attached hydrogens (tertiary/aromatic N) is 2. The Balaban J connectivity index is 1.65. The minimum Gasteiger partial charge on any atom is -0.381 e. The maximum atomic E-state index is 12.8.